The second kappa shape index (κ2) is 30.6. The molecule has 5 N–H and O–H groups in total. The smallest absolute Gasteiger partial charge is 0.311 e. The normalized spacial score (nSPS) is 35.7. The summed E-state index contributed by atoms with van der Waals surface area (Å²) in [7, 11) is 5.06. The summed E-state index contributed by atoms with van der Waals surface area (Å²) >= 11 is 0. The molecular weight excluding hydrogens is 1130 g/mol. The van der Waals surface area contributed by atoms with Gasteiger partial charge in [-0.05, 0) is 144 Å². The van der Waals surface area contributed by atoms with E-state index in [1.54, 1.807) is 34.6 Å². The number of likely N-dealkylation sites (N-methyl/N-ethyl adjacent to an activating group) is 1. The summed E-state index contributed by atoms with van der Waals surface area (Å²) in [6, 6.07) is 31.1. The van der Waals surface area contributed by atoms with Gasteiger partial charge in [-0.25, -0.2) is 0 Å². The summed E-state index contributed by atoms with van der Waals surface area (Å²) in [4.78, 5) is 34.6. The van der Waals surface area contributed by atoms with Crippen LogP contribution in [0.3, 0.4) is 0 Å². The molecule has 3 heterocycles. The number of hydrogen-bond acceptors (Lipinski definition) is 15. The molecule has 3 aliphatic heterocycles. The monoisotopic (exact) mass is 1230 g/mol. The number of nitrogens with zero attached hydrogens (tertiary/aromatic N) is 3. The van der Waals surface area contributed by atoms with Crippen molar-refractivity contribution in [2.45, 2.75) is 211 Å². The summed E-state index contributed by atoms with van der Waals surface area (Å²) in [6.07, 6.45) is -5.74. The van der Waals surface area contributed by atoms with Crippen LogP contribution in [0.5, 0.6) is 0 Å². The molecule has 0 unspecified atom stereocenters. The van der Waals surface area contributed by atoms with Gasteiger partial charge in [-0.15, -0.1) is 0 Å². The molecule has 16 nitrogen and oxygen atoms in total. The van der Waals surface area contributed by atoms with Gasteiger partial charge in [0.25, 0.3) is 0 Å². The second-order valence-electron chi connectivity index (χ2n) is 24.9. The maximum Gasteiger partial charge on any atom is 0.311 e. The van der Waals surface area contributed by atoms with Crippen LogP contribution in [0.2, 0.25) is 0 Å². The van der Waals surface area contributed by atoms with Crippen molar-refractivity contribution in [3.05, 3.63) is 91.0 Å². The van der Waals surface area contributed by atoms with Crippen LogP contribution in [0.15, 0.2) is 91.0 Å². The Morgan fingerprint density at radius 2 is 1.34 bits per heavy atom. The molecule has 0 aliphatic carbocycles. The van der Waals surface area contributed by atoms with E-state index in [1.165, 1.54) is 29.9 Å². The van der Waals surface area contributed by atoms with Crippen LogP contribution in [0.4, 0.5) is 0 Å². The first-order valence-corrected chi connectivity index (χ1v) is 31.7. The highest BCUT2D eigenvalue weighted by Crippen LogP contribution is 2.55. The summed E-state index contributed by atoms with van der Waals surface area (Å²) in [6.45, 7) is 19.3. The van der Waals surface area contributed by atoms with Crippen molar-refractivity contribution in [1.29, 1.82) is 0 Å². The molecule has 82 heavy (non-hydrogen) atoms. The maximum absolute atomic E-state index is 14.7. The van der Waals surface area contributed by atoms with Gasteiger partial charge in [0.2, 0.25) is 5.91 Å². The van der Waals surface area contributed by atoms with Gasteiger partial charge >= 0.3 is 5.97 Å². The Hall–Kier alpha value is -2.97. The number of halogens is 1. The van der Waals surface area contributed by atoms with E-state index in [0.717, 1.165) is 12.6 Å². The molecule has 3 aliphatic rings. The zero-order valence-electron chi connectivity index (χ0n) is 51.5. The van der Waals surface area contributed by atoms with Crippen LogP contribution < -0.4 is 32.9 Å². The number of esters is 1. The predicted octanol–water partition coefficient (Wildman–Crippen LogP) is 3.29. The molecular formula is C64H101BrN3O13P. The number of cyclic esters (lactones) is 1. The quantitative estimate of drug-likeness (QED) is 0.0666. The molecule has 1 amide bonds. The zero-order chi connectivity index (χ0) is 59.6. The number of amides is 1. The highest BCUT2D eigenvalue weighted by atomic mass is 79.9. The standard InChI is InChI=1S/C64H101N3O13P.BrH/c1-15-52-64(10,74)57(70)46(6)67(35-27-19-26-34-53(68)66(13)36-37-81(48-28-20-16-21-29-48,49-30-22-17-23-31-49)50-32-24-18-25-33-50)41-42(2)39-62(8,73)59(80-61-55(69)51(65(11)12)38-43(3)76-61)44(4)56(45(5)60(72)78-52)79-54-40-63(9,75-14)58(71)47(7)77-54;/h16-18,20-25,28-33,42-47,51-52,54-59,61,69-71,73-74H,15,19,26-27,34-41H2,1-14H3;1H/q+1;/p-1/t42-,43-,44+,45-,46-,47+,51+,52-,54+,55-,56+,57-,58+,59-,61+,62-,63-,64-;/m1./s1. The van der Waals surface area contributed by atoms with Crippen molar-refractivity contribution < 1.29 is 80.5 Å². The van der Waals surface area contributed by atoms with E-state index in [1.807, 2.05) is 76.8 Å². The minimum absolute atomic E-state index is 0. The summed E-state index contributed by atoms with van der Waals surface area (Å²) < 4.78 is 38.4. The lowest BCUT2D eigenvalue weighted by Gasteiger charge is -2.48. The zero-order valence-corrected chi connectivity index (χ0v) is 54.0. The van der Waals surface area contributed by atoms with Gasteiger partial charge in [-0.1, -0.05) is 81.8 Å². The number of methoxy groups -OCH3 is 1. The van der Waals surface area contributed by atoms with E-state index >= 15 is 0 Å². The Labute approximate surface area is 501 Å². The van der Waals surface area contributed by atoms with Crippen LogP contribution in [0.1, 0.15) is 121 Å². The number of ether oxygens (including phenoxy) is 6. The molecule has 462 valence electrons. The van der Waals surface area contributed by atoms with Crippen molar-refractivity contribution in [1.82, 2.24) is 14.7 Å². The molecule has 3 saturated heterocycles. The fourth-order valence-corrected chi connectivity index (χ4v) is 17.5. The van der Waals surface area contributed by atoms with Gasteiger partial charge in [0, 0.05) is 51.5 Å². The second-order valence-corrected chi connectivity index (χ2v) is 28.5. The largest absolute Gasteiger partial charge is 1.00 e. The van der Waals surface area contributed by atoms with Crippen molar-refractivity contribution in [3.63, 3.8) is 0 Å². The highest BCUT2D eigenvalue weighted by molar-refractivity contribution is 7.95. The summed E-state index contributed by atoms with van der Waals surface area (Å²) in [5.41, 5.74) is -4.62. The third-order valence-corrected chi connectivity index (χ3v) is 22.6. The Bertz CT molecular complexity index is 2300. The minimum atomic E-state index is -2.14. The molecule has 18 atom stereocenters. The van der Waals surface area contributed by atoms with Crippen LogP contribution >= 0.6 is 7.26 Å². The van der Waals surface area contributed by atoms with Crippen molar-refractivity contribution in [2.75, 3.05) is 54.0 Å². The van der Waals surface area contributed by atoms with Crippen LogP contribution in [0.25, 0.3) is 0 Å². The predicted molar refractivity (Wildman–Crippen MR) is 319 cm³/mol. The van der Waals surface area contributed by atoms with Gasteiger partial charge < -0.3 is 80.7 Å². The molecule has 3 aromatic carbocycles. The molecule has 3 fully saturated rings. The van der Waals surface area contributed by atoms with Crippen LogP contribution in [-0.2, 0) is 38.0 Å². The fraction of sp³-hybridized carbons (Fsp3) is 0.688. The lowest BCUT2D eigenvalue weighted by molar-refractivity contribution is -0.318. The van der Waals surface area contributed by atoms with E-state index in [2.05, 4.69) is 77.7 Å². The number of carbonyl (C=O) groups is 2. The summed E-state index contributed by atoms with van der Waals surface area (Å²) in [5.74, 6) is -2.76. The average molecular weight is 1230 g/mol. The number of benzene rings is 3. The number of carbonyl (C=O) groups excluding carboxylic acids is 2. The Kier molecular flexibility index (Phi) is 26.0. The number of aliphatic hydroxyl groups is 5. The highest BCUT2D eigenvalue weighted by Gasteiger charge is 2.53. The molecule has 6 rings (SSSR count). The molecule has 0 saturated carbocycles. The van der Waals surface area contributed by atoms with Crippen molar-refractivity contribution >= 4 is 35.1 Å². The maximum atomic E-state index is 14.7. The van der Waals surface area contributed by atoms with Crippen LogP contribution in [-0.4, -0.2) is 196 Å². The lowest BCUT2D eigenvalue weighted by atomic mass is 9.77. The number of rotatable bonds is 19. The lowest BCUT2D eigenvalue weighted by Crippen LogP contribution is -3.00. The first kappa shape index (κ1) is 69.8. The minimum Gasteiger partial charge on any atom is -1.00 e. The molecule has 0 radical (unpaired) electrons. The fourth-order valence-electron chi connectivity index (χ4n) is 13.2. The molecule has 0 aromatic heterocycles. The topological polar surface area (TPSA) is 200 Å². The Balaban J connectivity index is 0.0000123. The number of unbranched alkanes of at least 4 members (excludes halogenated alkanes) is 2. The molecule has 0 spiro atoms. The van der Waals surface area contributed by atoms with Gasteiger partial charge in [0.05, 0.1) is 54.2 Å². The van der Waals surface area contributed by atoms with Gasteiger partial charge in [0.15, 0.2) is 12.6 Å². The first-order chi connectivity index (χ1) is 38.2. The van der Waals surface area contributed by atoms with Crippen molar-refractivity contribution in [3.8, 4) is 0 Å². The van der Waals surface area contributed by atoms with E-state index in [9.17, 15) is 35.1 Å². The van der Waals surface area contributed by atoms with Gasteiger partial charge in [0.1, 0.15) is 53.2 Å². The van der Waals surface area contributed by atoms with Gasteiger partial charge in [-0.2, -0.15) is 0 Å². The molecule has 0 bridgehead atoms. The Morgan fingerprint density at radius 1 is 0.780 bits per heavy atom. The Morgan fingerprint density at radius 3 is 1.87 bits per heavy atom. The molecule has 18 heteroatoms. The van der Waals surface area contributed by atoms with E-state index in [0.29, 0.717) is 45.3 Å². The van der Waals surface area contributed by atoms with Crippen molar-refractivity contribution in [2.24, 2.45) is 17.8 Å². The SMILES string of the molecule is CC[C@H]1OC(=O)[C@H](C)[C@@H](O[C@H]2C[C@@](C)(OC)[C@@H](O)[C@H](C)O2)[C@H](C)[C@@H](O[C@@H]2O[C@H](C)C[C@H](N(C)C)[C@H]2O)[C@](C)(O)C[C@@H](C)CN(CCCCCC(=O)N(C)CC[P+](c2ccccc2)(c2ccccc2)c2ccccc2)[C@H](C)[C@@H](O)[C@]1(C)O.[Br-]. The van der Waals surface area contributed by atoms with E-state index < -0.39 is 103 Å². The third-order valence-electron chi connectivity index (χ3n) is 18.2. The molecule has 3 aromatic rings. The summed E-state index contributed by atoms with van der Waals surface area (Å²) in [5, 5.41) is 64.5. The van der Waals surface area contributed by atoms with Crippen LogP contribution in [0, 0.1) is 17.8 Å². The third kappa shape index (κ3) is 16.5. The number of hydrogen-bond donors (Lipinski definition) is 5. The van der Waals surface area contributed by atoms with E-state index in [-0.39, 0.29) is 60.2 Å². The van der Waals surface area contributed by atoms with Gasteiger partial charge in [-0.3, -0.25) is 14.5 Å². The first-order valence-electron chi connectivity index (χ1n) is 29.8. The average Bonchev–Trinajstić information content (AvgIpc) is 3.44. The van der Waals surface area contributed by atoms with E-state index in [4.69, 9.17) is 28.4 Å². The number of aliphatic hydroxyl groups excluding tert-OH is 3.